The second kappa shape index (κ2) is 9.37. The summed E-state index contributed by atoms with van der Waals surface area (Å²) >= 11 is 6.21. The van der Waals surface area contributed by atoms with Crippen LogP contribution in [0, 0.1) is 6.07 Å². The zero-order chi connectivity index (χ0) is 23.7. The van der Waals surface area contributed by atoms with Gasteiger partial charge >= 0.3 is 0 Å². The summed E-state index contributed by atoms with van der Waals surface area (Å²) < 4.78 is 5.26. The minimum absolute atomic E-state index is 0.0708. The van der Waals surface area contributed by atoms with E-state index in [1.54, 1.807) is 18.3 Å². The summed E-state index contributed by atoms with van der Waals surface area (Å²) in [5, 5.41) is 14.6. The van der Waals surface area contributed by atoms with Crippen LogP contribution in [0.3, 0.4) is 0 Å². The fraction of sp³-hybridized carbons (Fsp3) is 0.231. The lowest BCUT2D eigenvalue weighted by molar-refractivity contribution is 0.312. The molecule has 1 fully saturated rings. The number of aromatic hydroxyl groups is 1. The second-order valence-electron chi connectivity index (χ2n) is 8.34. The van der Waals surface area contributed by atoms with Crippen molar-refractivity contribution < 1.29 is 9.84 Å². The molecule has 1 saturated heterocycles. The van der Waals surface area contributed by atoms with Gasteiger partial charge in [0.2, 0.25) is 0 Å². The van der Waals surface area contributed by atoms with E-state index in [0.717, 1.165) is 65.4 Å². The van der Waals surface area contributed by atoms with E-state index in [1.165, 1.54) is 7.11 Å². The lowest BCUT2D eigenvalue weighted by atomic mass is 10.0. The third-order valence-electron chi connectivity index (χ3n) is 6.10. The number of methoxy groups -OCH3 is 1. The van der Waals surface area contributed by atoms with Crippen molar-refractivity contribution in [3.8, 4) is 22.6 Å². The van der Waals surface area contributed by atoms with E-state index in [2.05, 4.69) is 38.2 Å². The first-order valence-electron chi connectivity index (χ1n) is 11.1. The van der Waals surface area contributed by atoms with Crippen molar-refractivity contribution in [3.63, 3.8) is 0 Å². The molecule has 1 radical (unpaired) electrons. The fourth-order valence-corrected chi connectivity index (χ4v) is 4.31. The maximum Gasteiger partial charge on any atom is 0.176 e. The predicted molar refractivity (Wildman–Crippen MR) is 136 cm³/mol. The van der Waals surface area contributed by atoms with E-state index in [-0.39, 0.29) is 10.8 Å². The fourth-order valence-electron chi connectivity index (χ4n) is 4.10. The minimum Gasteiger partial charge on any atom is -0.503 e. The molecule has 2 aromatic carbocycles. The highest BCUT2D eigenvalue weighted by Gasteiger charge is 2.15. The summed E-state index contributed by atoms with van der Waals surface area (Å²) in [6, 6.07) is 16.7. The zero-order valence-corrected chi connectivity index (χ0v) is 19.8. The Balaban J connectivity index is 1.44. The Labute approximate surface area is 203 Å². The molecular formula is C26H25ClN5O2. The van der Waals surface area contributed by atoms with Gasteiger partial charge in [-0.3, -0.25) is 4.98 Å². The van der Waals surface area contributed by atoms with Gasteiger partial charge in [0.05, 0.1) is 35.2 Å². The zero-order valence-electron chi connectivity index (χ0n) is 19.0. The molecule has 7 nitrogen and oxygen atoms in total. The molecule has 1 aliphatic rings. The number of phenols is 1. The number of ether oxygens (including phenoxy) is 1. The summed E-state index contributed by atoms with van der Waals surface area (Å²) in [6.07, 6.45) is 3.51. The molecule has 173 valence electrons. The highest BCUT2D eigenvalue weighted by atomic mass is 35.5. The van der Waals surface area contributed by atoms with Crippen molar-refractivity contribution in [3.05, 3.63) is 65.9 Å². The summed E-state index contributed by atoms with van der Waals surface area (Å²) in [5.74, 6) is 1.24. The predicted octanol–water partition coefficient (Wildman–Crippen LogP) is 4.96. The van der Waals surface area contributed by atoms with Crippen molar-refractivity contribution in [1.29, 1.82) is 0 Å². The van der Waals surface area contributed by atoms with Crippen LogP contribution in [0.15, 0.2) is 54.9 Å². The van der Waals surface area contributed by atoms with Crippen LogP contribution in [0.1, 0.15) is 0 Å². The Bertz CT molecular complexity index is 1320. The number of piperazine rings is 1. The van der Waals surface area contributed by atoms with Crippen LogP contribution in [0.25, 0.3) is 22.0 Å². The Morgan fingerprint density at radius 2 is 1.85 bits per heavy atom. The van der Waals surface area contributed by atoms with Gasteiger partial charge in [0.15, 0.2) is 11.5 Å². The van der Waals surface area contributed by atoms with E-state index in [1.807, 2.05) is 36.5 Å². The number of rotatable bonds is 5. The number of nitrogens with zero attached hydrogens (tertiary/aromatic N) is 4. The minimum atomic E-state index is -0.0708. The molecule has 0 spiro atoms. The molecule has 5 rings (SSSR count). The quantitative estimate of drug-likeness (QED) is 0.423. The van der Waals surface area contributed by atoms with E-state index in [4.69, 9.17) is 16.3 Å². The highest BCUT2D eigenvalue weighted by molar-refractivity contribution is 6.32. The van der Waals surface area contributed by atoms with Crippen LogP contribution in [0.4, 0.5) is 17.2 Å². The molecule has 0 saturated carbocycles. The topological polar surface area (TPSA) is 73.8 Å². The van der Waals surface area contributed by atoms with Gasteiger partial charge in [0.1, 0.15) is 5.82 Å². The summed E-state index contributed by atoms with van der Waals surface area (Å²) in [4.78, 5) is 13.8. The number of likely N-dealkylation sites (N-methyl/N-ethyl adjacent to an activating group) is 1. The summed E-state index contributed by atoms with van der Waals surface area (Å²) in [5.41, 5.74) is 4.26. The smallest absolute Gasteiger partial charge is 0.176 e. The number of aromatic nitrogens is 2. The molecule has 2 N–H and O–H groups in total. The molecule has 0 atom stereocenters. The van der Waals surface area contributed by atoms with Gasteiger partial charge in [-0.05, 0) is 54.6 Å². The number of hydrogen-bond donors (Lipinski definition) is 2. The van der Waals surface area contributed by atoms with Crippen LogP contribution >= 0.6 is 11.6 Å². The monoisotopic (exact) mass is 474 g/mol. The molecule has 3 heterocycles. The van der Waals surface area contributed by atoms with Crippen molar-refractivity contribution in [2.45, 2.75) is 0 Å². The van der Waals surface area contributed by atoms with Crippen LogP contribution in [0.2, 0.25) is 5.02 Å². The number of pyridine rings is 2. The van der Waals surface area contributed by atoms with Crippen molar-refractivity contribution >= 4 is 39.7 Å². The largest absolute Gasteiger partial charge is 0.503 e. The van der Waals surface area contributed by atoms with Gasteiger partial charge in [-0.25, -0.2) is 4.98 Å². The van der Waals surface area contributed by atoms with Crippen molar-refractivity contribution in [1.82, 2.24) is 14.9 Å². The van der Waals surface area contributed by atoms with Gasteiger partial charge in [-0.15, -0.1) is 0 Å². The van der Waals surface area contributed by atoms with Crippen LogP contribution in [-0.2, 0) is 0 Å². The average Bonchev–Trinajstić information content (AvgIpc) is 2.86. The van der Waals surface area contributed by atoms with Gasteiger partial charge in [0, 0.05) is 43.8 Å². The van der Waals surface area contributed by atoms with E-state index >= 15 is 0 Å². The van der Waals surface area contributed by atoms with E-state index in [9.17, 15) is 5.11 Å². The molecular weight excluding hydrogens is 450 g/mol. The summed E-state index contributed by atoms with van der Waals surface area (Å²) in [6.45, 7) is 4.04. The lowest BCUT2D eigenvalue weighted by Gasteiger charge is -2.33. The van der Waals surface area contributed by atoms with Gasteiger partial charge in [-0.2, -0.15) is 0 Å². The molecule has 0 aliphatic carbocycles. The molecule has 4 aromatic rings. The lowest BCUT2D eigenvalue weighted by Crippen LogP contribution is -2.44. The molecule has 1 aliphatic heterocycles. The number of fused-ring (bicyclic) bond motifs is 1. The molecule has 0 bridgehead atoms. The normalized spacial score (nSPS) is 14.4. The first-order valence-corrected chi connectivity index (χ1v) is 11.4. The van der Waals surface area contributed by atoms with Gasteiger partial charge < -0.3 is 25.0 Å². The Kier molecular flexibility index (Phi) is 6.13. The molecule has 8 heteroatoms. The van der Waals surface area contributed by atoms with Crippen molar-refractivity contribution in [2.24, 2.45) is 0 Å². The van der Waals surface area contributed by atoms with E-state index < -0.39 is 0 Å². The highest BCUT2D eigenvalue weighted by Crippen LogP contribution is 2.39. The van der Waals surface area contributed by atoms with Crippen LogP contribution in [0.5, 0.6) is 11.5 Å². The van der Waals surface area contributed by atoms with E-state index in [0.29, 0.717) is 5.75 Å². The Morgan fingerprint density at radius 3 is 2.59 bits per heavy atom. The number of halogens is 1. The molecule has 34 heavy (non-hydrogen) atoms. The van der Waals surface area contributed by atoms with Crippen LogP contribution in [-0.4, -0.2) is 60.3 Å². The molecule has 0 amide bonds. The maximum absolute atomic E-state index is 10.1. The third kappa shape index (κ3) is 4.44. The number of anilines is 3. The standard InChI is InChI=1S/C26H25ClN5O2/c1-31-9-11-32(12-10-31)25-6-4-19(16-29-25)30-23-7-8-28-22-5-3-17(13-20(22)23)18-14-21(27)26(33)24(15-18)34-2/h3-6,8,13-16,33H,9-12H2,1-2H3,(H,28,30). The first kappa shape index (κ1) is 22.3. The summed E-state index contributed by atoms with van der Waals surface area (Å²) in [7, 11) is 3.64. The average molecular weight is 475 g/mol. The second-order valence-corrected chi connectivity index (χ2v) is 8.75. The first-order chi connectivity index (χ1) is 16.5. The Morgan fingerprint density at radius 1 is 1.03 bits per heavy atom. The van der Waals surface area contributed by atoms with Crippen LogP contribution < -0.4 is 15.0 Å². The van der Waals surface area contributed by atoms with Gasteiger partial charge in [-0.1, -0.05) is 17.7 Å². The maximum atomic E-state index is 10.1. The number of phenolic OH excluding ortho intramolecular Hbond substituents is 1. The SMILES string of the molecule is COc1cc(-c2ccc3nc[c]c(Nc4ccc(N5CCN(C)CC5)nc4)c3c2)cc(Cl)c1O. The number of hydrogen-bond acceptors (Lipinski definition) is 7. The van der Waals surface area contributed by atoms with Gasteiger partial charge in [0.25, 0.3) is 0 Å². The molecule has 0 unspecified atom stereocenters. The number of nitrogens with one attached hydrogen (secondary N) is 1. The molecule has 2 aromatic heterocycles. The number of benzene rings is 2. The Hall–Kier alpha value is -3.55. The van der Waals surface area contributed by atoms with Crippen molar-refractivity contribution in [2.75, 3.05) is 50.6 Å². The third-order valence-corrected chi connectivity index (χ3v) is 6.39.